The van der Waals surface area contributed by atoms with Crippen LogP contribution >= 0.6 is 15.9 Å². The lowest BCUT2D eigenvalue weighted by Crippen LogP contribution is -2.16. The van der Waals surface area contributed by atoms with Crippen molar-refractivity contribution >= 4 is 27.9 Å². The molecule has 0 aliphatic carbocycles. The van der Waals surface area contributed by atoms with E-state index in [1.807, 2.05) is 12.1 Å². The van der Waals surface area contributed by atoms with Crippen LogP contribution < -0.4 is 0 Å². The highest BCUT2D eigenvalue weighted by atomic mass is 79.9. The van der Waals surface area contributed by atoms with Crippen LogP contribution in [0.3, 0.4) is 0 Å². The molecule has 0 fully saturated rings. The lowest BCUT2D eigenvalue weighted by atomic mass is 10.1. The zero-order valence-electron chi connectivity index (χ0n) is 9.60. The van der Waals surface area contributed by atoms with Crippen LogP contribution in [0.4, 0.5) is 0 Å². The van der Waals surface area contributed by atoms with E-state index in [-0.39, 0.29) is 6.61 Å². The van der Waals surface area contributed by atoms with Gasteiger partial charge in [-0.3, -0.25) is 9.59 Å². The quantitative estimate of drug-likeness (QED) is 0.802. The summed E-state index contributed by atoms with van der Waals surface area (Å²) < 4.78 is 10.9. The Labute approximate surface area is 108 Å². The first-order valence-corrected chi connectivity index (χ1v) is 5.84. The fourth-order valence-corrected chi connectivity index (χ4v) is 1.53. The number of carbonyl (C=O) groups excluding carboxylic acids is 2. The SMILES string of the molecule is CC(=O)OC[C@@H](OC(C)=O)c1ccc(Br)cc1. The van der Waals surface area contributed by atoms with Gasteiger partial charge in [0.25, 0.3) is 0 Å². The Morgan fingerprint density at radius 1 is 1.18 bits per heavy atom. The van der Waals surface area contributed by atoms with E-state index in [9.17, 15) is 9.59 Å². The van der Waals surface area contributed by atoms with Gasteiger partial charge in [0.05, 0.1) is 0 Å². The highest BCUT2D eigenvalue weighted by Crippen LogP contribution is 2.20. The second kappa shape index (κ2) is 6.39. The van der Waals surface area contributed by atoms with Crippen molar-refractivity contribution in [1.82, 2.24) is 0 Å². The summed E-state index contributed by atoms with van der Waals surface area (Å²) in [6.45, 7) is 2.66. The van der Waals surface area contributed by atoms with E-state index in [0.717, 1.165) is 10.0 Å². The van der Waals surface area contributed by atoms with Crippen molar-refractivity contribution in [3.8, 4) is 0 Å². The maximum atomic E-state index is 11.0. The topological polar surface area (TPSA) is 52.6 Å². The molecule has 0 N–H and O–H groups in total. The number of hydrogen-bond acceptors (Lipinski definition) is 4. The molecule has 0 aliphatic rings. The van der Waals surface area contributed by atoms with Crippen LogP contribution in [0, 0.1) is 0 Å². The summed E-state index contributed by atoms with van der Waals surface area (Å²) in [6, 6.07) is 7.28. The average Bonchev–Trinajstić information content (AvgIpc) is 2.25. The van der Waals surface area contributed by atoms with Crippen LogP contribution in [0.15, 0.2) is 28.7 Å². The third-order valence-electron chi connectivity index (χ3n) is 1.99. The second-order valence-corrected chi connectivity index (χ2v) is 4.37. The lowest BCUT2D eigenvalue weighted by molar-refractivity contribution is -0.156. The van der Waals surface area contributed by atoms with E-state index in [0.29, 0.717) is 0 Å². The van der Waals surface area contributed by atoms with Crippen molar-refractivity contribution in [3.63, 3.8) is 0 Å². The maximum Gasteiger partial charge on any atom is 0.303 e. The predicted octanol–water partition coefficient (Wildman–Crippen LogP) is 2.62. The zero-order valence-corrected chi connectivity index (χ0v) is 11.2. The summed E-state index contributed by atoms with van der Waals surface area (Å²) in [5.41, 5.74) is 0.782. The summed E-state index contributed by atoms with van der Waals surface area (Å²) in [5.74, 6) is -0.815. The van der Waals surface area contributed by atoms with Crippen molar-refractivity contribution in [2.24, 2.45) is 0 Å². The molecule has 0 heterocycles. The molecule has 0 spiro atoms. The van der Waals surface area contributed by atoms with Crippen LogP contribution in [-0.4, -0.2) is 18.5 Å². The monoisotopic (exact) mass is 300 g/mol. The fraction of sp³-hybridized carbons (Fsp3) is 0.333. The van der Waals surface area contributed by atoms with Gasteiger partial charge in [0.1, 0.15) is 6.61 Å². The van der Waals surface area contributed by atoms with Gasteiger partial charge in [0.2, 0.25) is 0 Å². The molecule has 0 saturated carbocycles. The van der Waals surface area contributed by atoms with Crippen LogP contribution in [0.25, 0.3) is 0 Å². The minimum Gasteiger partial charge on any atom is -0.462 e. The number of halogens is 1. The minimum atomic E-state index is -0.565. The van der Waals surface area contributed by atoms with Gasteiger partial charge in [-0.15, -0.1) is 0 Å². The molecule has 0 bridgehead atoms. The number of carbonyl (C=O) groups is 2. The molecule has 5 heteroatoms. The Morgan fingerprint density at radius 3 is 2.24 bits per heavy atom. The number of rotatable bonds is 4. The Morgan fingerprint density at radius 2 is 1.76 bits per heavy atom. The van der Waals surface area contributed by atoms with Crippen LogP contribution in [0.1, 0.15) is 25.5 Å². The standard InChI is InChI=1S/C12H13BrO4/c1-8(14)16-7-12(17-9(2)15)10-3-5-11(13)6-4-10/h3-6,12H,7H2,1-2H3/t12-/m1/s1. The van der Waals surface area contributed by atoms with Crippen molar-refractivity contribution in [1.29, 1.82) is 0 Å². The Bertz CT molecular complexity index is 399. The first-order valence-electron chi connectivity index (χ1n) is 5.05. The van der Waals surface area contributed by atoms with Gasteiger partial charge in [-0.05, 0) is 17.7 Å². The molecule has 0 aromatic heterocycles. The molecule has 0 radical (unpaired) electrons. The van der Waals surface area contributed by atoms with Gasteiger partial charge in [-0.1, -0.05) is 28.1 Å². The number of ether oxygens (including phenoxy) is 2. The maximum absolute atomic E-state index is 11.0. The molecule has 1 aromatic carbocycles. The number of esters is 2. The molecule has 0 amide bonds. The number of benzene rings is 1. The normalized spacial score (nSPS) is 11.7. The highest BCUT2D eigenvalue weighted by Gasteiger charge is 2.16. The molecule has 0 saturated heterocycles. The summed E-state index contributed by atoms with van der Waals surface area (Å²) in [6.07, 6.45) is -0.565. The molecular weight excluding hydrogens is 288 g/mol. The largest absolute Gasteiger partial charge is 0.462 e. The van der Waals surface area contributed by atoms with Crippen LogP contribution in [-0.2, 0) is 19.1 Å². The second-order valence-electron chi connectivity index (χ2n) is 3.45. The third kappa shape index (κ3) is 4.99. The van der Waals surface area contributed by atoms with Gasteiger partial charge < -0.3 is 9.47 Å². The van der Waals surface area contributed by atoms with Gasteiger partial charge >= 0.3 is 11.9 Å². The molecule has 1 rings (SSSR count). The molecule has 17 heavy (non-hydrogen) atoms. The van der Waals surface area contributed by atoms with Gasteiger partial charge in [0, 0.05) is 18.3 Å². The smallest absolute Gasteiger partial charge is 0.303 e. The van der Waals surface area contributed by atoms with Crippen molar-refractivity contribution in [3.05, 3.63) is 34.3 Å². The molecule has 0 aliphatic heterocycles. The first-order chi connectivity index (χ1) is 7.99. The van der Waals surface area contributed by atoms with E-state index < -0.39 is 18.0 Å². The van der Waals surface area contributed by atoms with Gasteiger partial charge in [0.15, 0.2) is 6.10 Å². The summed E-state index contributed by atoms with van der Waals surface area (Å²) in [4.78, 5) is 21.7. The summed E-state index contributed by atoms with van der Waals surface area (Å²) in [7, 11) is 0. The number of hydrogen-bond donors (Lipinski definition) is 0. The van der Waals surface area contributed by atoms with E-state index in [1.165, 1.54) is 13.8 Å². The molecule has 4 nitrogen and oxygen atoms in total. The van der Waals surface area contributed by atoms with E-state index in [1.54, 1.807) is 12.1 Å². The predicted molar refractivity (Wildman–Crippen MR) is 65.3 cm³/mol. The van der Waals surface area contributed by atoms with Gasteiger partial charge in [-0.2, -0.15) is 0 Å². The Hall–Kier alpha value is -1.36. The summed E-state index contributed by atoms with van der Waals surface area (Å²) >= 11 is 3.31. The van der Waals surface area contributed by atoms with Crippen LogP contribution in [0.5, 0.6) is 0 Å². The molecule has 0 unspecified atom stereocenters. The molecule has 92 valence electrons. The Kier molecular flexibility index (Phi) is 5.15. The third-order valence-corrected chi connectivity index (χ3v) is 2.52. The van der Waals surface area contributed by atoms with E-state index in [4.69, 9.17) is 9.47 Å². The molecular formula is C12H13BrO4. The fourth-order valence-electron chi connectivity index (χ4n) is 1.27. The van der Waals surface area contributed by atoms with Crippen molar-refractivity contribution < 1.29 is 19.1 Å². The molecule has 1 atom stereocenters. The van der Waals surface area contributed by atoms with Gasteiger partial charge in [-0.25, -0.2) is 0 Å². The first kappa shape index (κ1) is 13.7. The Balaban J connectivity index is 2.77. The van der Waals surface area contributed by atoms with Crippen molar-refractivity contribution in [2.75, 3.05) is 6.61 Å². The van der Waals surface area contributed by atoms with Crippen molar-refractivity contribution in [2.45, 2.75) is 20.0 Å². The average molecular weight is 301 g/mol. The van der Waals surface area contributed by atoms with E-state index >= 15 is 0 Å². The molecule has 1 aromatic rings. The van der Waals surface area contributed by atoms with E-state index in [2.05, 4.69) is 15.9 Å². The zero-order chi connectivity index (χ0) is 12.8. The lowest BCUT2D eigenvalue weighted by Gasteiger charge is -2.17. The minimum absolute atomic E-state index is 0.0244. The highest BCUT2D eigenvalue weighted by molar-refractivity contribution is 9.10. The van der Waals surface area contributed by atoms with Crippen LogP contribution in [0.2, 0.25) is 0 Å². The summed E-state index contributed by atoms with van der Waals surface area (Å²) in [5, 5.41) is 0.